The molecule has 0 amide bonds. The van der Waals surface area contributed by atoms with Gasteiger partial charge in [-0.2, -0.15) is 9.97 Å². The molecule has 660 valence electrons. The van der Waals surface area contributed by atoms with E-state index in [1.54, 1.807) is 22.9 Å². The highest BCUT2D eigenvalue weighted by Gasteiger charge is 2.52. The molecular weight excluding hydrogens is 1840 g/mol. The summed E-state index contributed by atoms with van der Waals surface area (Å²) in [6.45, 7) is 8.35. The van der Waals surface area contributed by atoms with E-state index in [1.165, 1.54) is 129 Å². The number of halogens is 2. The van der Waals surface area contributed by atoms with E-state index in [-0.39, 0.29) is 31.0 Å². The molecule has 1 aliphatic heterocycles. The number of hydrogen-bond donors (Lipinski definition) is 1. The lowest BCUT2D eigenvalue weighted by Gasteiger charge is -2.34. The van der Waals surface area contributed by atoms with E-state index >= 15 is 0 Å². The molecule has 14 heteroatoms. The van der Waals surface area contributed by atoms with Crippen molar-refractivity contribution in [2.24, 2.45) is 3.95 Å². The predicted octanol–water partition coefficient (Wildman–Crippen LogP) is 31.8. The van der Waals surface area contributed by atoms with Gasteiger partial charge in [0.2, 0.25) is 5.28 Å². The van der Waals surface area contributed by atoms with E-state index in [0.717, 1.165) is 55.5 Å². The Morgan fingerprint density at radius 1 is 0.248 bits per heavy atom. The van der Waals surface area contributed by atoms with Gasteiger partial charge in [-0.1, -0.05) is 432 Å². The lowest BCUT2D eigenvalue weighted by Crippen LogP contribution is -2.41. The van der Waals surface area contributed by atoms with Crippen molar-refractivity contribution in [2.45, 2.75) is 57.2 Å². The molecule has 5 heterocycles. The van der Waals surface area contributed by atoms with Gasteiger partial charge in [-0.3, -0.25) is 3.95 Å². The fraction of sp³-hybridized carbons (Fsp3) is 0.0732. The molecule has 0 saturated carbocycles. The maximum absolute atomic E-state index is 6.55. The van der Waals surface area contributed by atoms with Crippen LogP contribution >= 0.6 is 57.1 Å². The average Bonchev–Trinajstić information content (AvgIpc) is 1.54. The molecule has 1 fully saturated rings. The monoisotopic (exact) mass is 1940 g/mol. The smallest absolute Gasteiger partial charge is 0.399 e. The van der Waals surface area contributed by atoms with Crippen LogP contribution in [0, 0.1) is 0 Å². The minimum absolute atomic E-state index is 0. The molecule has 2 aliphatic carbocycles. The van der Waals surface area contributed by atoms with Crippen molar-refractivity contribution in [1.82, 2.24) is 29.9 Å². The van der Waals surface area contributed by atoms with Crippen LogP contribution in [0.1, 0.15) is 79.6 Å². The summed E-state index contributed by atoms with van der Waals surface area (Å²) in [6.07, 6.45) is 0. The SMILES string of the molecule is C.CC1(C)OB(c2ccc(-c3cccc4c3sc3ccccc34)cc2)OC1(C)C.Clc1nc(-c2ccc(-c3ccccc3)cc2)nc(-c2ccc3c(c2)C(c2ccccc2)(c2ccccc2)c2ccccc2-3)n1.NI.c1ccc(-c2ccc(-c3nc(-c4ccc(-c5cccc6c5sc5ccccc56)cc4)nc(-c4ccc5c(c4)C(c4ccccc4)(c4ccccc4)c4ccccc4-5)n3)cc2)cc1. The van der Waals surface area contributed by atoms with Crippen molar-refractivity contribution in [3.05, 3.63) is 499 Å². The van der Waals surface area contributed by atoms with Crippen LogP contribution in [0.15, 0.2) is 449 Å². The Hall–Kier alpha value is -14.6. The van der Waals surface area contributed by atoms with Crippen LogP contribution in [-0.4, -0.2) is 48.2 Å². The Labute approximate surface area is 825 Å². The minimum atomic E-state index is -0.538. The van der Waals surface area contributed by atoms with Gasteiger partial charge in [0.25, 0.3) is 0 Å². The number of rotatable bonds is 14. The molecule has 18 aromatic carbocycles. The van der Waals surface area contributed by atoms with Crippen molar-refractivity contribution in [3.8, 4) is 124 Å². The zero-order valence-corrected chi connectivity index (χ0v) is 79.5. The summed E-state index contributed by atoms with van der Waals surface area (Å²) >= 11 is 11.9. The van der Waals surface area contributed by atoms with Crippen LogP contribution < -0.4 is 9.41 Å². The highest BCUT2D eigenvalue weighted by atomic mass is 127. The second kappa shape index (κ2) is 37.6. The largest absolute Gasteiger partial charge is 0.494 e. The highest BCUT2D eigenvalue weighted by molar-refractivity contribution is 14.1. The lowest BCUT2D eigenvalue weighted by molar-refractivity contribution is 0.00578. The second-order valence-corrected chi connectivity index (χ2v) is 37.8. The average molecular weight is 1940 g/mol. The standard InChI is InChI=1S/C58H37N3S.C40H26ClN3.C24H23BO2S.CH4.H2IN/c1-4-15-38(16-5-1)39-27-31-41(32-28-39)55-59-56(42-33-29-40(30-34-42)46-23-14-24-50-49-22-11-13-26-53(49)62-54(46)50)61-57(60-55)43-35-36-48-47-21-10-12-25-51(47)58(52(48)37-43,44-17-6-2-7-18-44)45-19-8-3-9-20-45;41-39-43-37(29-22-20-28(21-23-29)27-12-4-1-5-13-27)42-38(44-39)30-24-25-34-33-18-10-11-19-35(33)40(36(34)26-30,31-14-6-2-7-15-31)32-16-8-3-9-17-32;1-23(2)24(3,4)27-25(26-23)17-14-12-16(13-15-17)18-9-7-10-20-19-8-5-6-11-21(19)28-22(18)20;;1-2/h1-37H;1-26H;5-15H,1-4H3;1H4;2H2. The summed E-state index contributed by atoms with van der Waals surface area (Å²) in [5.74, 6) is 2.97. The quantitative estimate of drug-likeness (QED) is 0.0644. The number of aromatic nitrogens is 6. The normalized spacial score (nSPS) is 13.6. The third-order valence-corrected chi connectivity index (χ3v) is 29.8. The zero-order valence-electron chi connectivity index (χ0n) is 75.0. The molecule has 1 saturated heterocycles. The van der Waals surface area contributed by atoms with Gasteiger partial charge < -0.3 is 9.31 Å². The molecule has 0 atom stereocenters. The Morgan fingerprint density at radius 2 is 0.511 bits per heavy atom. The molecule has 22 aromatic rings. The maximum atomic E-state index is 6.55. The van der Waals surface area contributed by atoms with Gasteiger partial charge in [0.1, 0.15) is 0 Å². The molecule has 0 radical (unpaired) electrons. The first kappa shape index (κ1) is 88.9. The van der Waals surface area contributed by atoms with Crippen molar-refractivity contribution in [2.75, 3.05) is 0 Å². The van der Waals surface area contributed by atoms with Crippen molar-refractivity contribution >= 4 is 110 Å². The number of hydrogen-bond acceptors (Lipinski definition) is 11. The van der Waals surface area contributed by atoms with E-state index in [9.17, 15) is 0 Å². The summed E-state index contributed by atoms with van der Waals surface area (Å²) in [4.78, 5) is 29.8. The zero-order chi connectivity index (χ0) is 92.1. The maximum Gasteiger partial charge on any atom is 0.494 e. The molecule has 9 nitrogen and oxygen atoms in total. The van der Waals surface area contributed by atoms with E-state index < -0.39 is 10.8 Å². The van der Waals surface area contributed by atoms with Gasteiger partial charge in [-0.15, -0.1) is 22.7 Å². The number of nitrogens with two attached hydrogens (primary N) is 1. The topological polar surface area (TPSA) is 122 Å². The molecule has 137 heavy (non-hydrogen) atoms. The highest BCUT2D eigenvalue weighted by Crippen LogP contribution is 2.59. The van der Waals surface area contributed by atoms with Crippen LogP contribution in [0.4, 0.5) is 0 Å². The third kappa shape index (κ3) is 16.2. The Morgan fingerprint density at radius 3 is 0.891 bits per heavy atom. The van der Waals surface area contributed by atoms with Gasteiger partial charge in [0.05, 0.1) is 22.0 Å². The van der Waals surface area contributed by atoms with Gasteiger partial charge in [0.15, 0.2) is 29.1 Å². The number of benzene rings is 18. The summed E-state index contributed by atoms with van der Waals surface area (Å²) in [7, 11) is -0.320. The molecule has 0 spiro atoms. The van der Waals surface area contributed by atoms with E-state index in [2.05, 4.69) is 454 Å². The van der Waals surface area contributed by atoms with Gasteiger partial charge in [-0.25, -0.2) is 19.9 Å². The number of thiophene rings is 2. The van der Waals surface area contributed by atoms with Crippen molar-refractivity contribution < 1.29 is 9.31 Å². The summed E-state index contributed by atoms with van der Waals surface area (Å²) < 4.78 is 22.1. The Bertz CT molecular complexity index is 8090. The molecular formula is C123H92BClIN7O2S2. The first-order chi connectivity index (χ1) is 66.8. The van der Waals surface area contributed by atoms with E-state index in [1.807, 2.05) is 59.1 Å². The Balaban J connectivity index is 0.000000130. The summed E-state index contributed by atoms with van der Waals surface area (Å²) in [5.41, 5.74) is 28.1. The molecule has 2 N–H and O–H groups in total. The Kier molecular flexibility index (Phi) is 24.4. The van der Waals surface area contributed by atoms with Crippen molar-refractivity contribution in [3.63, 3.8) is 0 Å². The van der Waals surface area contributed by atoms with Crippen LogP contribution in [0.25, 0.3) is 164 Å². The molecule has 4 aromatic heterocycles. The fourth-order valence-corrected chi connectivity index (χ4v) is 22.6. The molecule has 0 bridgehead atoms. The second-order valence-electron chi connectivity index (χ2n) is 35.4. The van der Waals surface area contributed by atoms with Gasteiger partial charge in [-0.05, 0) is 180 Å². The minimum Gasteiger partial charge on any atom is -0.399 e. The summed E-state index contributed by atoms with van der Waals surface area (Å²) in [6, 6.07) is 160. The first-order valence-electron chi connectivity index (χ1n) is 45.6. The van der Waals surface area contributed by atoms with E-state index in [4.69, 9.17) is 40.8 Å². The van der Waals surface area contributed by atoms with Gasteiger partial charge in [0, 0.05) is 91.0 Å². The van der Waals surface area contributed by atoms with E-state index in [0.29, 0.717) is 29.1 Å². The number of fused-ring (bicyclic) bond motifs is 12. The predicted molar refractivity (Wildman–Crippen MR) is 581 cm³/mol. The number of nitrogens with zero attached hydrogens (tertiary/aromatic N) is 6. The molecule has 3 aliphatic rings. The van der Waals surface area contributed by atoms with Crippen LogP contribution in [0.2, 0.25) is 5.28 Å². The summed E-state index contributed by atoms with van der Waals surface area (Å²) in [5, 5.41) is 5.41. The lowest BCUT2D eigenvalue weighted by atomic mass is 9.67. The molecule has 25 rings (SSSR count). The first-order valence-corrected chi connectivity index (χ1v) is 48.9. The van der Waals surface area contributed by atoms with Gasteiger partial charge >= 0.3 is 7.12 Å². The van der Waals surface area contributed by atoms with Crippen molar-refractivity contribution in [1.29, 1.82) is 0 Å². The molecule has 0 unspecified atom stereocenters. The van der Waals surface area contributed by atoms with Crippen LogP contribution in [-0.2, 0) is 20.1 Å². The van der Waals surface area contributed by atoms with Crippen LogP contribution in [0.5, 0.6) is 0 Å². The van der Waals surface area contributed by atoms with Crippen LogP contribution in [0.3, 0.4) is 0 Å². The third-order valence-electron chi connectivity index (χ3n) is 27.2. The fourth-order valence-electron chi connectivity index (χ4n) is 20.0.